The summed E-state index contributed by atoms with van der Waals surface area (Å²) < 4.78 is 25.5. The van der Waals surface area contributed by atoms with E-state index in [4.69, 9.17) is 11.6 Å². The molecule has 12 heteroatoms. The molecule has 0 saturated carbocycles. The number of non-ortho nitro benzene ring substituents is 1. The number of nitrogens with zero attached hydrogens (tertiary/aromatic N) is 3. The molecule has 172 valence electrons. The van der Waals surface area contributed by atoms with Crippen LogP contribution in [0.3, 0.4) is 0 Å². The van der Waals surface area contributed by atoms with Gasteiger partial charge < -0.3 is 10.2 Å². The molecule has 1 aromatic heterocycles. The second-order valence-corrected chi connectivity index (χ2v) is 11.1. The van der Waals surface area contributed by atoms with Crippen LogP contribution < -0.4 is 10.2 Å². The maximum atomic E-state index is 12.8. The largest absolute Gasteiger partial charge is 0.371 e. The molecule has 0 atom stereocenters. The number of carbonyl (C=O) groups excluding carboxylic acids is 1. The number of benzene rings is 2. The predicted octanol–water partition coefficient (Wildman–Crippen LogP) is 4.39. The van der Waals surface area contributed by atoms with Gasteiger partial charge in [0.2, 0.25) is 15.7 Å². The SMILES string of the molecule is O=C(Nc1ncc(S(=O)(=O)c2ccc([N+](=O)[O-])cc2)s1)C1CCN(c2cccc(Cl)c2)CC1. The first-order valence-electron chi connectivity index (χ1n) is 10.0. The van der Waals surface area contributed by atoms with Crippen molar-refractivity contribution in [2.75, 3.05) is 23.3 Å². The molecule has 33 heavy (non-hydrogen) atoms. The highest BCUT2D eigenvalue weighted by Gasteiger charge is 2.27. The number of rotatable bonds is 6. The zero-order valence-electron chi connectivity index (χ0n) is 17.2. The third kappa shape index (κ3) is 5.15. The number of nitro groups is 1. The number of anilines is 2. The lowest BCUT2D eigenvalue weighted by Crippen LogP contribution is -2.38. The second kappa shape index (κ2) is 9.46. The van der Waals surface area contributed by atoms with Gasteiger partial charge in [-0.15, -0.1) is 0 Å². The Morgan fingerprint density at radius 1 is 1.18 bits per heavy atom. The first-order valence-corrected chi connectivity index (χ1v) is 12.7. The van der Waals surface area contributed by atoms with E-state index in [0.717, 1.165) is 29.2 Å². The Balaban J connectivity index is 1.38. The van der Waals surface area contributed by atoms with Gasteiger partial charge in [0.15, 0.2) is 5.13 Å². The van der Waals surface area contributed by atoms with Gasteiger partial charge in [-0.05, 0) is 43.2 Å². The van der Waals surface area contributed by atoms with Crippen molar-refractivity contribution in [2.45, 2.75) is 21.9 Å². The van der Waals surface area contributed by atoms with Crippen LogP contribution in [0.1, 0.15) is 12.8 Å². The summed E-state index contributed by atoms with van der Waals surface area (Å²) in [5.74, 6) is -0.409. The van der Waals surface area contributed by atoms with Crippen LogP contribution in [-0.2, 0) is 14.6 Å². The fraction of sp³-hybridized carbons (Fsp3) is 0.238. The molecule has 3 aromatic rings. The molecule has 0 spiro atoms. The maximum absolute atomic E-state index is 12.8. The first kappa shape index (κ1) is 23.1. The summed E-state index contributed by atoms with van der Waals surface area (Å²) in [5.41, 5.74) is 0.815. The summed E-state index contributed by atoms with van der Waals surface area (Å²) in [5, 5.41) is 14.3. The van der Waals surface area contributed by atoms with Gasteiger partial charge in [-0.25, -0.2) is 13.4 Å². The van der Waals surface area contributed by atoms with Gasteiger partial charge in [0.1, 0.15) is 4.21 Å². The Kier molecular flexibility index (Phi) is 6.63. The van der Waals surface area contributed by atoms with E-state index >= 15 is 0 Å². The molecule has 0 radical (unpaired) electrons. The summed E-state index contributed by atoms with van der Waals surface area (Å²) in [6, 6.07) is 12.2. The minimum absolute atomic E-state index is 0.0533. The molecule has 0 unspecified atom stereocenters. The van der Waals surface area contributed by atoms with Crippen LogP contribution in [0.4, 0.5) is 16.5 Å². The van der Waals surface area contributed by atoms with Crippen LogP contribution in [0.15, 0.2) is 63.8 Å². The second-order valence-electron chi connectivity index (χ2n) is 7.47. The van der Waals surface area contributed by atoms with Crippen LogP contribution in [0.5, 0.6) is 0 Å². The average Bonchev–Trinajstić information content (AvgIpc) is 3.28. The van der Waals surface area contributed by atoms with E-state index in [1.165, 1.54) is 18.3 Å². The molecular weight excluding hydrogens is 488 g/mol. The number of thiazole rings is 1. The number of piperidine rings is 1. The smallest absolute Gasteiger partial charge is 0.269 e. The number of sulfone groups is 1. The van der Waals surface area contributed by atoms with Crippen molar-refractivity contribution in [3.05, 3.63) is 69.9 Å². The van der Waals surface area contributed by atoms with Crippen LogP contribution >= 0.6 is 22.9 Å². The number of nitrogens with one attached hydrogen (secondary N) is 1. The normalized spacial score (nSPS) is 14.8. The van der Waals surface area contributed by atoms with Crippen molar-refractivity contribution in [1.82, 2.24) is 4.98 Å². The molecule has 0 aliphatic carbocycles. The lowest BCUT2D eigenvalue weighted by Gasteiger charge is -2.32. The van der Waals surface area contributed by atoms with Crippen LogP contribution in [0.25, 0.3) is 0 Å². The Hall–Kier alpha value is -3.02. The molecule has 2 aromatic carbocycles. The summed E-state index contributed by atoms with van der Waals surface area (Å²) in [7, 11) is -3.90. The molecule has 9 nitrogen and oxygen atoms in total. The monoisotopic (exact) mass is 506 g/mol. The Morgan fingerprint density at radius 3 is 2.52 bits per heavy atom. The standard InChI is InChI=1S/C21H19ClN4O5S2/c22-15-2-1-3-17(12-15)25-10-8-14(9-11-25)20(27)24-21-23-13-19(32-21)33(30,31)18-6-4-16(5-7-18)26(28)29/h1-7,12-14H,8-11H2,(H,23,24,27). The van der Waals surface area contributed by atoms with Gasteiger partial charge >= 0.3 is 0 Å². The fourth-order valence-electron chi connectivity index (χ4n) is 3.58. The van der Waals surface area contributed by atoms with Crippen molar-refractivity contribution in [2.24, 2.45) is 5.92 Å². The Bertz CT molecular complexity index is 1290. The Labute approximate surface area is 199 Å². The lowest BCUT2D eigenvalue weighted by atomic mass is 9.95. The Morgan fingerprint density at radius 2 is 1.88 bits per heavy atom. The molecular formula is C21H19ClN4O5S2. The molecule has 1 aliphatic heterocycles. The minimum atomic E-state index is -3.90. The van der Waals surface area contributed by atoms with Crippen molar-refractivity contribution >= 4 is 55.2 Å². The van der Waals surface area contributed by atoms with Gasteiger partial charge in [-0.1, -0.05) is 29.0 Å². The number of halogens is 1. The molecule has 1 saturated heterocycles. The van der Waals surface area contributed by atoms with Crippen LogP contribution in [-0.4, -0.2) is 37.3 Å². The molecule has 2 heterocycles. The van der Waals surface area contributed by atoms with Crippen LogP contribution in [0.2, 0.25) is 5.02 Å². The van der Waals surface area contributed by atoms with Gasteiger partial charge in [0, 0.05) is 41.9 Å². The quantitative estimate of drug-likeness (QED) is 0.388. The molecule has 4 rings (SSSR count). The summed E-state index contributed by atoms with van der Waals surface area (Å²) in [6.07, 6.45) is 2.48. The van der Waals surface area contributed by atoms with Gasteiger partial charge in [-0.3, -0.25) is 14.9 Å². The van der Waals surface area contributed by atoms with E-state index in [1.807, 2.05) is 24.3 Å². The number of hydrogen-bond donors (Lipinski definition) is 1. The number of aromatic nitrogens is 1. The van der Waals surface area contributed by atoms with E-state index in [9.17, 15) is 23.3 Å². The van der Waals surface area contributed by atoms with Gasteiger partial charge in [-0.2, -0.15) is 0 Å². The van der Waals surface area contributed by atoms with E-state index in [1.54, 1.807) is 0 Å². The van der Waals surface area contributed by atoms with E-state index in [2.05, 4.69) is 15.2 Å². The first-order chi connectivity index (χ1) is 15.7. The van der Waals surface area contributed by atoms with Crippen molar-refractivity contribution in [3.63, 3.8) is 0 Å². The van der Waals surface area contributed by atoms with Crippen molar-refractivity contribution in [3.8, 4) is 0 Å². The zero-order chi connectivity index (χ0) is 23.6. The summed E-state index contributed by atoms with van der Waals surface area (Å²) in [6.45, 7) is 1.41. The van der Waals surface area contributed by atoms with Gasteiger partial charge in [0.25, 0.3) is 5.69 Å². The highest BCUT2D eigenvalue weighted by atomic mass is 35.5. The molecule has 1 fully saturated rings. The fourth-order valence-corrected chi connectivity index (χ4v) is 6.20. The maximum Gasteiger partial charge on any atom is 0.269 e. The molecule has 1 aliphatic rings. The average molecular weight is 507 g/mol. The highest BCUT2D eigenvalue weighted by molar-refractivity contribution is 7.93. The van der Waals surface area contributed by atoms with E-state index in [-0.39, 0.29) is 31.7 Å². The zero-order valence-corrected chi connectivity index (χ0v) is 19.6. The molecule has 0 bridgehead atoms. The number of nitro benzene ring substituents is 1. The molecule has 1 N–H and O–H groups in total. The van der Waals surface area contributed by atoms with Crippen molar-refractivity contribution < 1.29 is 18.1 Å². The van der Waals surface area contributed by atoms with E-state index < -0.39 is 14.8 Å². The lowest BCUT2D eigenvalue weighted by molar-refractivity contribution is -0.384. The number of hydrogen-bond acceptors (Lipinski definition) is 8. The van der Waals surface area contributed by atoms with Crippen LogP contribution in [0, 0.1) is 16.0 Å². The number of amides is 1. The topological polar surface area (TPSA) is 123 Å². The third-order valence-electron chi connectivity index (χ3n) is 5.38. The van der Waals surface area contributed by atoms with Gasteiger partial charge in [0.05, 0.1) is 16.0 Å². The minimum Gasteiger partial charge on any atom is -0.371 e. The van der Waals surface area contributed by atoms with Crippen molar-refractivity contribution in [1.29, 1.82) is 0 Å². The summed E-state index contributed by atoms with van der Waals surface area (Å²) in [4.78, 5) is 29.0. The third-order valence-corrected chi connectivity index (χ3v) is 8.76. The predicted molar refractivity (Wildman–Crippen MR) is 126 cm³/mol. The number of carbonyl (C=O) groups is 1. The van der Waals surface area contributed by atoms with E-state index in [0.29, 0.717) is 31.0 Å². The highest BCUT2D eigenvalue weighted by Crippen LogP contribution is 2.31. The summed E-state index contributed by atoms with van der Waals surface area (Å²) >= 11 is 6.91. The molecule has 1 amide bonds.